The number of carbonyl (C=O) groups is 1. The van der Waals surface area contributed by atoms with Crippen LogP contribution < -0.4 is 11.1 Å². The SMILES string of the molecule is CC[C@H](CO)NC(=O)CC(N)C(C)C. The second kappa shape index (κ2) is 6.79. The first-order valence-electron chi connectivity index (χ1n) is 5.17. The zero-order valence-electron chi connectivity index (χ0n) is 9.29. The molecule has 0 aromatic carbocycles. The molecular formula is C10H22N2O2. The molecule has 0 fully saturated rings. The van der Waals surface area contributed by atoms with Gasteiger partial charge in [-0.15, -0.1) is 0 Å². The molecule has 0 aromatic heterocycles. The molecule has 0 aromatic rings. The van der Waals surface area contributed by atoms with Crippen molar-refractivity contribution in [2.24, 2.45) is 11.7 Å². The van der Waals surface area contributed by atoms with Gasteiger partial charge in [0.25, 0.3) is 0 Å². The maximum atomic E-state index is 11.4. The van der Waals surface area contributed by atoms with Crippen LogP contribution in [-0.2, 0) is 4.79 Å². The first-order valence-corrected chi connectivity index (χ1v) is 5.17. The van der Waals surface area contributed by atoms with Crippen molar-refractivity contribution in [1.29, 1.82) is 0 Å². The Morgan fingerprint density at radius 2 is 2.07 bits per heavy atom. The molecule has 1 unspecified atom stereocenters. The molecule has 0 saturated carbocycles. The molecule has 0 saturated heterocycles. The van der Waals surface area contributed by atoms with Crippen LogP contribution in [0.2, 0.25) is 0 Å². The molecule has 14 heavy (non-hydrogen) atoms. The van der Waals surface area contributed by atoms with Crippen molar-refractivity contribution < 1.29 is 9.90 Å². The molecule has 0 aliphatic heterocycles. The first kappa shape index (κ1) is 13.4. The topological polar surface area (TPSA) is 75.3 Å². The van der Waals surface area contributed by atoms with E-state index in [1.165, 1.54) is 0 Å². The lowest BCUT2D eigenvalue weighted by Crippen LogP contribution is -2.41. The van der Waals surface area contributed by atoms with Gasteiger partial charge in [0.15, 0.2) is 0 Å². The largest absolute Gasteiger partial charge is 0.394 e. The fourth-order valence-corrected chi connectivity index (χ4v) is 1.01. The van der Waals surface area contributed by atoms with E-state index >= 15 is 0 Å². The maximum absolute atomic E-state index is 11.4. The van der Waals surface area contributed by atoms with E-state index < -0.39 is 0 Å². The minimum Gasteiger partial charge on any atom is -0.394 e. The van der Waals surface area contributed by atoms with Crippen molar-refractivity contribution in [2.45, 2.75) is 45.7 Å². The number of nitrogens with one attached hydrogen (secondary N) is 1. The molecule has 0 radical (unpaired) electrons. The maximum Gasteiger partial charge on any atom is 0.221 e. The van der Waals surface area contributed by atoms with E-state index in [1.807, 2.05) is 20.8 Å². The lowest BCUT2D eigenvalue weighted by molar-refractivity contribution is -0.122. The normalized spacial score (nSPS) is 15.3. The van der Waals surface area contributed by atoms with Crippen molar-refractivity contribution in [3.63, 3.8) is 0 Å². The molecule has 0 rings (SSSR count). The van der Waals surface area contributed by atoms with Crippen LogP contribution >= 0.6 is 0 Å². The van der Waals surface area contributed by atoms with Gasteiger partial charge in [0, 0.05) is 12.5 Å². The van der Waals surface area contributed by atoms with E-state index in [4.69, 9.17) is 10.8 Å². The molecule has 0 aliphatic carbocycles. The number of aliphatic hydroxyl groups excluding tert-OH is 1. The third-order valence-corrected chi connectivity index (χ3v) is 2.36. The zero-order chi connectivity index (χ0) is 11.1. The van der Waals surface area contributed by atoms with Gasteiger partial charge in [-0.25, -0.2) is 0 Å². The van der Waals surface area contributed by atoms with E-state index in [0.29, 0.717) is 12.3 Å². The summed E-state index contributed by atoms with van der Waals surface area (Å²) >= 11 is 0. The van der Waals surface area contributed by atoms with Crippen LogP contribution in [0.25, 0.3) is 0 Å². The number of nitrogens with two attached hydrogens (primary N) is 1. The average Bonchev–Trinajstić information content (AvgIpc) is 2.13. The quantitative estimate of drug-likeness (QED) is 0.578. The Kier molecular flexibility index (Phi) is 6.49. The second-order valence-corrected chi connectivity index (χ2v) is 3.97. The van der Waals surface area contributed by atoms with Crippen LogP contribution in [0.5, 0.6) is 0 Å². The van der Waals surface area contributed by atoms with E-state index in [0.717, 1.165) is 6.42 Å². The fraction of sp³-hybridized carbons (Fsp3) is 0.900. The van der Waals surface area contributed by atoms with Crippen LogP contribution in [0.15, 0.2) is 0 Å². The minimum absolute atomic E-state index is 0.0147. The molecule has 0 heterocycles. The molecule has 0 bridgehead atoms. The smallest absolute Gasteiger partial charge is 0.221 e. The lowest BCUT2D eigenvalue weighted by Gasteiger charge is -2.18. The van der Waals surface area contributed by atoms with Gasteiger partial charge in [-0.2, -0.15) is 0 Å². The van der Waals surface area contributed by atoms with Crippen LogP contribution in [0.1, 0.15) is 33.6 Å². The predicted molar refractivity (Wildman–Crippen MR) is 56.7 cm³/mol. The Morgan fingerprint density at radius 3 is 2.43 bits per heavy atom. The Bertz CT molecular complexity index is 162. The summed E-state index contributed by atoms with van der Waals surface area (Å²) in [6.07, 6.45) is 1.06. The average molecular weight is 202 g/mol. The molecule has 4 heteroatoms. The van der Waals surface area contributed by atoms with E-state index in [9.17, 15) is 4.79 Å². The van der Waals surface area contributed by atoms with Gasteiger partial charge in [-0.3, -0.25) is 4.79 Å². The number of hydrogen-bond acceptors (Lipinski definition) is 3. The number of rotatable bonds is 6. The summed E-state index contributed by atoms with van der Waals surface area (Å²) in [4.78, 5) is 11.4. The van der Waals surface area contributed by atoms with Crippen molar-refractivity contribution >= 4 is 5.91 Å². The highest BCUT2D eigenvalue weighted by Gasteiger charge is 2.15. The standard InChI is InChI=1S/C10H22N2O2/c1-4-8(6-13)12-10(14)5-9(11)7(2)3/h7-9,13H,4-6,11H2,1-3H3,(H,12,14)/t8-,9?/m1/s1. The van der Waals surface area contributed by atoms with E-state index in [-0.39, 0.29) is 24.6 Å². The van der Waals surface area contributed by atoms with E-state index in [2.05, 4.69) is 5.32 Å². The Labute approximate surface area is 85.9 Å². The Hall–Kier alpha value is -0.610. The lowest BCUT2D eigenvalue weighted by atomic mass is 10.0. The summed E-state index contributed by atoms with van der Waals surface area (Å²) in [7, 11) is 0. The van der Waals surface area contributed by atoms with Gasteiger partial charge in [0.1, 0.15) is 0 Å². The van der Waals surface area contributed by atoms with Crippen LogP contribution in [0.4, 0.5) is 0 Å². The third-order valence-electron chi connectivity index (χ3n) is 2.36. The van der Waals surface area contributed by atoms with Crippen LogP contribution in [0, 0.1) is 5.92 Å². The highest BCUT2D eigenvalue weighted by Crippen LogP contribution is 2.03. The highest BCUT2D eigenvalue weighted by atomic mass is 16.3. The van der Waals surface area contributed by atoms with Gasteiger partial charge < -0.3 is 16.2 Å². The van der Waals surface area contributed by atoms with Crippen molar-refractivity contribution in [2.75, 3.05) is 6.61 Å². The van der Waals surface area contributed by atoms with Crippen molar-refractivity contribution in [3.8, 4) is 0 Å². The Balaban J connectivity index is 3.85. The molecule has 4 nitrogen and oxygen atoms in total. The van der Waals surface area contributed by atoms with Gasteiger partial charge in [0.2, 0.25) is 5.91 Å². The molecule has 84 valence electrons. The number of hydrogen-bond donors (Lipinski definition) is 3. The predicted octanol–water partition coefficient (Wildman–Crippen LogP) is 0.247. The fourth-order valence-electron chi connectivity index (χ4n) is 1.01. The van der Waals surface area contributed by atoms with Crippen LogP contribution in [0.3, 0.4) is 0 Å². The van der Waals surface area contributed by atoms with Crippen molar-refractivity contribution in [1.82, 2.24) is 5.32 Å². The van der Waals surface area contributed by atoms with E-state index in [1.54, 1.807) is 0 Å². The third kappa shape index (κ3) is 5.19. The number of amides is 1. The molecule has 1 amide bonds. The first-order chi connectivity index (χ1) is 6.51. The molecular weight excluding hydrogens is 180 g/mol. The molecule has 4 N–H and O–H groups in total. The summed E-state index contributed by atoms with van der Waals surface area (Å²) < 4.78 is 0. The second-order valence-electron chi connectivity index (χ2n) is 3.97. The number of carbonyl (C=O) groups excluding carboxylic acids is 1. The summed E-state index contributed by atoms with van der Waals surface area (Å²) in [5, 5.41) is 11.6. The monoisotopic (exact) mass is 202 g/mol. The van der Waals surface area contributed by atoms with Crippen molar-refractivity contribution in [3.05, 3.63) is 0 Å². The summed E-state index contributed by atoms with van der Waals surface area (Å²) in [6.45, 7) is 5.88. The van der Waals surface area contributed by atoms with Gasteiger partial charge in [0.05, 0.1) is 12.6 Å². The summed E-state index contributed by atoms with van der Waals surface area (Å²) in [5.74, 6) is 0.224. The molecule has 2 atom stereocenters. The highest BCUT2D eigenvalue weighted by molar-refractivity contribution is 5.76. The minimum atomic E-state index is -0.137. The summed E-state index contributed by atoms with van der Waals surface area (Å²) in [6, 6.07) is -0.243. The van der Waals surface area contributed by atoms with Gasteiger partial charge in [-0.05, 0) is 12.3 Å². The Morgan fingerprint density at radius 1 is 1.50 bits per heavy atom. The zero-order valence-corrected chi connectivity index (χ0v) is 9.29. The van der Waals surface area contributed by atoms with Crippen LogP contribution in [-0.4, -0.2) is 29.7 Å². The van der Waals surface area contributed by atoms with Gasteiger partial charge in [-0.1, -0.05) is 20.8 Å². The van der Waals surface area contributed by atoms with Gasteiger partial charge >= 0.3 is 0 Å². The number of aliphatic hydroxyl groups is 1. The molecule has 0 aliphatic rings. The molecule has 0 spiro atoms. The summed E-state index contributed by atoms with van der Waals surface area (Å²) in [5.41, 5.74) is 5.75.